The van der Waals surface area contributed by atoms with E-state index in [0.29, 0.717) is 0 Å². The Labute approximate surface area is 340 Å². The van der Waals surface area contributed by atoms with Crippen LogP contribution in [0.4, 0.5) is 43.9 Å². The maximum absolute atomic E-state index is 12.0. The number of benzene rings is 6. The molecule has 0 spiro atoms. The molecule has 0 saturated carbocycles. The van der Waals surface area contributed by atoms with Gasteiger partial charge in [0, 0.05) is 66.0 Å². The van der Waals surface area contributed by atoms with Crippen LogP contribution in [0.25, 0.3) is 0 Å². The standard InChI is InChI=1S/2C14H14P.2C6F5.2Au/c2*1-15(2,13-9-5-3-6-10-13)14-11-7-4-8-12-14;2*7-2-1-3(8)5(10)6(11)4(2)9;;/h2*3-12H,1-2H2;;;;/q4*-1;;. The number of halogens is 10. The SMILES string of the molecule is Fc1[c-]c(F)c(F)c(F)c1F.Fc1[c-]c(F)c(F)c(F)c1F.[Au].[Au].[CH2-][P+]([CH2-])(c1ccccc1)c1ccccc1.[CH2-][P+]([CH2-])(c1ccccc1)c1ccccc1. The minimum absolute atomic E-state index is 0. The molecule has 6 rings (SSSR count). The normalized spacial score (nSPS) is 10.5. The molecule has 0 heterocycles. The van der Waals surface area contributed by atoms with Crippen molar-refractivity contribution in [1.29, 1.82) is 0 Å². The van der Waals surface area contributed by atoms with Gasteiger partial charge in [-0.25, -0.2) is 26.3 Å². The summed E-state index contributed by atoms with van der Waals surface area (Å²) < 4.78 is 120. The molecule has 2 radical (unpaired) electrons. The first kappa shape index (κ1) is 49.0. The molecular weight excluding hydrogens is 1130 g/mol. The van der Waals surface area contributed by atoms with Crippen molar-refractivity contribution in [2.24, 2.45) is 0 Å². The van der Waals surface area contributed by atoms with E-state index in [-0.39, 0.29) is 44.8 Å². The maximum Gasteiger partial charge on any atom is 0.0893 e. The molecule has 0 saturated heterocycles. The molecule has 0 aliphatic carbocycles. The summed E-state index contributed by atoms with van der Waals surface area (Å²) in [6, 6.07) is 43.4. The molecule has 0 nitrogen and oxygen atoms in total. The van der Waals surface area contributed by atoms with Crippen molar-refractivity contribution >= 4 is 35.7 Å². The molecule has 0 N–H and O–H groups in total. The van der Waals surface area contributed by atoms with Crippen LogP contribution in [0, 0.1) is 97.0 Å². The molecular formula is C40H28Au2F10P2-4. The van der Waals surface area contributed by atoms with Gasteiger partial charge in [0.1, 0.15) is 0 Å². The summed E-state index contributed by atoms with van der Waals surface area (Å²) in [6.45, 7) is 17.2. The first-order valence-corrected chi connectivity index (χ1v) is 19.0. The van der Waals surface area contributed by atoms with Gasteiger partial charge in [0.15, 0.2) is 0 Å². The van der Waals surface area contributed by atoms with Crippen LogP contribution in [0.5, 0.6) is 0 Å². The molecule has 0 aromatic heterocycles. The summed E-state index contributed by atoms with van der Waals surface area (Å²) in [5, 5.41) is 4.99. The minimum Gasteiger partial charge on any atom is -0.278 e. The number of hydrogen-bond acceptors (Lipinski definition) is 0. The molecule has 0 aliphatic heterocycles. The largest absolute Gasteiger partial charge is 0.278 e. The quantitative estimate of drug-likeness (QED) is 0.0412. The van der Waals surface area contributed by atoms with Gasteiger partial charge < -0.3 is 0 Å². The Morgan fingerprint density at radius 3 is 0.630 bits per heavy atom. The fourth-order valence-electron chi connectivity index (χ4n) is 4.14. The predicted octanol–water partition coefficient (Wildman–Crippen LogP) is 10.8. The van der Waals surface area contributed by atoms with Crippen LogP contribution in [0.15, 0.2) is 121 Å². The summed E-state index contributed by atoms with van der Waals surface area (Å²) in [5.74, 6) is -20.1. The topological polar surface area (TPSA) is 0 Å². The Balaban J connectivity index is 0.000000360. The maximum atomic E-state index is 12.0. The molecule has 0 fully saturated rings. The van der Waals surface area contributed by atoms with Crippen molar-refractivity contribution in [3.63, 3.8) is 0 Å². The Bertz CT molecular complexity index is 1750. The van der Waals surface area contributed by atoms with Gasteiger partial charge in [-0.05, 0) is 48.5 Å². The van der Waals surface area contributed by atoms with Crippen molar-refractivity contribution in [2.45, 2.75) is 0 Å². The Kier molecular flexibility index (Phi) is 20.4. The Morgan fingerprint density at radius 2 is 0.463 bits per heavy atom. The average molecular weight is 1150 g/mol. The average Bonchev–Trinajstić information content (AvgIpc) is 3.17. The van der Waals surface area contributed by atoms with E-state index in [1.165, 1.54) is 21.2 Å². The molecule has 0 unspecified atom stereocenters. The zero-order valence-corrected chi connectivity index (χ0v) is 33.8. The molecule has 54 heavy (non-hydrogen) atoms. The molecule has 294 valence electrons. The minimum atomic E-state index is -2.17. The van der Waals surface area contributed by atoms with Crippen LogP contribution >= 0.6 is 14.5 Å². The van der Waals surface area contributed by atoms with E-state index in [4.69, 9.17) is 0 Å². The summed E-state index contributed by atoms with van der Waals surface area (Å²) in [4.78, 5) is 0. The van der Waals surface area contributed by atoms with Gasteiger partial charge in [-0.15, -0.1) is 12.1 Å². The summed E-state index contributed by atoms with van der Waals surface area (Å²) in [6.07, 6.45) is 0. The van der Waals surface area contributed by atoms with E-state index in [1.807, 2.05) is 72.8 Å². The molecule has 0 amide bonds. The van der Waals surface area contributed by atoms with Crippen molar-refractivity contribution < 1.29 is 88.7 Å². The van der Waals surface area contributed by atoms with Crippen LogP contribution in [0.1, 0.15) is 0 Å². The third-order valence-electron chi connectivity index (χ3n) is 6.98. The number of rotatable bonds is 4. The summed E-state index contributed by atoms with van der Waals surface area (Å²) >= 11 is 0. The predicted molar refractivity (Wildman–Crippen MR) is 190 cm³/mol. The van der Waals surface area contributed by atoms with Crippen molar-refractivity contribution in [1.82, 2.24) is 0 Å². The van der Waals surface area contributed by atoms with Gasteiger partial charge in [-0.3, -0.25) is 17.6 Å². The van der Waals surface area contributed by atoms with Crippen LogP contribution in [-0.2, 0) is 44.8 Å². The fourth-order valence-corrected chi connectivity index (χ4v) is 7.71. The van der Waals surface area contributed by atoms with Crippen LogP contribution in [0.2, 0.25) is 0 Å². The van der Waals surface area contributed by atoms with E-state index >= 15 is 0 Å². The van der Waals surface area contributed by atoms with E-state index in [9.17, 15) is 43.9 Å². The molecule has 6 aromatic carbocycles. The first-order chi connectivity index (χ1) is 24.5. The zero-order chi connectivity index (χ0) is 38.6. The third kappa shape index (κ3) is 13.0. The monoisotopic (exact) mass is 1150 g/mol. The van der Waals surface area contributed by atoms with Gasteiger partial charge in [0.05, 0.1) is 58.2 Å². The molecule has 0 atom stereocenters. The fraction of sp³-hybridized carbons (Fsp3) is 0. The van der Waals surface area contributed by atoms with E-state index in [0.717, 1.165) is 12.1 Å². The van der Waals surface area contributed by atoms with Crippen molar-refractivity contribution in [2.75, 3.05) is 0 Å². The summed E-state index contributed by atoms with van der Waals surface area (Å²) in [5.41, 5.74) is 0. The van der Waals surface area contributed by atoms with Crippen LogP contribution in [0.3, 0.4) is 0 Å². The van der Waals surface area contributed by atoms with Gasteiger partial charge in [-0.1, -0.05) is 72.8 Å². The van der Waals surface area contributed by atoms with Crippen LogP contribution < -0.4 is 21.2 Å². The Hall–Kier alpha value is -3.04. The summed E-state index contributed by atoms with van der Waals surface area (Å²) in [7, 11) is -3.29. The van der Waals surface area contributed by atoms with Gasteiger partial charge >= 0.3 is 0 Å². The number of hydrogen-bond donors (Lipinski definition) is 0. The smallest absolute Gasteiger partial charge is 0.0893 e. The van der Waals surface area contributed by atoms with Crippen molar-refractivity contribution in [3.8, 4) is 0 Å². The third-order valence-corrected chi connectivity index (χ3v) is 12.1. The van der Waals surface area contributed by atoms with Crippen molar-refractivity contribution in [3.05, 3.63) is 218 Å². The second-order valence-electron chi connectivity index (χ2n) is 10.7. The second-order valence-corrected chi connectivity index (χ2v) is 16.6. The molecule has 0 aliphatic rings. The Morgan fingerprint density at radius 1 is 0.296 bits per heavy atom. The zero-order valence-electron chi connectivity index (χ0n) is 27.7. The van der Waals surface area contributed by atoms with Gasteiger partial charge in [0.25, 0.3) is 0 Å². The molecule has 14 heteroatoms. The van der Waals surface area contributed by atoms with E-state index in [2.05, 4.69) is 75.2 Å². The van der Waals surface area contributed by atoms with Gasteiger partial charge in [0.2, 0.25) is 0 Å². The van der Waals surface area contributed by atoms with Crippen LogP contribution in [-0.4, -0.2) is 0 Å². The van der Waals surface area contributed by atoms with Gasteiger partial charge in [-0.2, -0.15) is 41.2 Å². The van der Waals surface area contributed by atoms with E-state index in [1.54, 1.807) is 0 Å². The molecule has 0 bridgehead atoms. The van der Waals surface area contributed by atoms with E-state index < -0.39 is 72.7 Å². The first-order valence-electron chi connectivity index (χ1n) is 14.7. The second kappa shape index (κ2) is 22.5. The molecule has 6 aromatic rings.